The molecule has 9 nitrogen and oxygen atoms in total. The van der Waals surface area contributed by atoms with Crippen LogP contribution in [0.2, 0.25) is 0 Å². The van der Waals surface area contributed by atoms with Crippen molar-refractivity contribution in [3.8, 4) is 11.5 Å². The quantitative estimate of drug-likeness (QED) is 0.517. The van der Waals surface area contributed by atoms with Gasteiger partial charge in [-0.1, -0.05) is 18.2 Å². The Labute approximate surface area is 201 Å². The van der Waals surface area contributed by atoms with Crippen molar-refractivity contribution in [3.05, 3.63) is 53.6 Å². The molecule has 0 saturated heterocycles. The van der Waals surface area contributed by atoms with Gasteiger partial charge < -0.3 is 19.7 Å². The van der Waals surface area contributed by atoms with Gasteiger partial charge in [0.05, 0.1) is 26.2 Å². The van der Waals surface area contributed by atoms with Crippen LogP contribution < -0.4 is 19.1 Å². The smallest absolute Gasteiger partial charge is 0.244 e. The van der Waals surface area contributed by atoms with Crippen molar-refractivity contribution in [2.75, 3.05) is 37.9 Å². The topological polar surface area (TPSA) is 105 Å². The maximum atomic E-state index is 13.5. The summed E-state index contributed by atoms with van der Waals surface area (Å²) in [5.41, 5.74) is 1.83. The molecule has 0 aliphatic heterocycles. The zero-order valence-electron chi connectivity index (χ0n) is 20.5. The number of aryl methyl sites for hydroxylation is 1. The molecule has 0 aromatic heterocycles. The SMILES string of the molecule is CCNC(=O)C(C)N(Cc1ccc(OC)cc1)C(=O)CN(c1cc(C)ccc1OC)S(C)(=O)=O. The molecule has 0 aliphatic carbocycles. The second kappa shape index (κ2) is 11.7. The van der Waals surface area contributed by atoms with E-state index in [1.807, 2.05) is 6.92 Å². The maximum Gasteiger partial charge on any atom is 0.244 e. The van der Waals surface area contributed by atoms with Crippen LogP contribution in [0.3, 0.4) is 0 Å². The third-order valence-electron chi connectivity index (χ3n) is 5.31. The van der Waals surface area contributed by atoms with Crippen molar-refractivity contribution in [1.29, 1.82) is 0 Å². The Balaban J connectivity index is 2.44. The van der Waals surface area contributed by atoms with Crippen LogP contribution in [0.4, 0.5) is 5.69 Å². The van der Waals surface area contributed by atoms with Crippen molar-refractivity contribution in [2.45, 2.75) is 33.4 Å². The zero-order chi connectivity index (χ0) is 25.5. The molecule has 2 aromatic carbocycles. The number of carbonyl (C=O) groups is 2. The summed E-state index contributed by atoms with van der Waals surface area (Å²) in [6.07, 6.45) is 1.03. The summed E-state index contributed by atoms with van der Waals surface area (Å²) in [7, 11) is -0.854. The van der Waals surface area contributed by atoms with Crippen molar-refractivity contribution in [2.24, 2.45) is 0 Å². The van der Waals surface area contributed by atoms with Crippen molar-refractivity contribution >= 4 is 27.5 Å². The summed E-state index contributed by atoms with van der Waals surface area (Å²) in [5, 5.41) is 2.72. The highest BCUT2D eigenvalue weighted by molar-refractivity contribution is 7.92. The van der Waals surface area contributed by atoms with Gasteiger partial charge in [0.2, 0.25) is 21.8 Å². The molecular weight excluding hydrogens is 458 g/mol. The molecule has 0 saturated carbocycles. The van der Waals surface area contributed by atoms with Crippen LogP contribution in [-0.4, -0.2) is 64.7 Å². The minimum absolute atomic E-state index is 0.115. The Morgan fingerprint density at radius 2 is 1.71 bits per heavy atom. The first kappa shape index (κ1) is 27.0. The Bertz CT molecular complexity index is 1100. The number of hydrogen-bond donors (Lipinski definition) is 1. The normalized spacial score (nSPS) is 11.9. The molecule has 0 aliphatic rings. The number of likely N-dealkylation sites (N-methyl/N-ethyl adjacent to an activating group) is 1. The molecule has 1 atom stereocenters. The highest BCUT2D eigenvalue weighted by atomic mass is 32.2. The van der Waals surface area contributed by atoms with E-state index in [2.05, 4.69) is 5.32 Å². The van der Waals surface area contributed by atoms with E-state index >= 15 is 0 Å². The van der Waals surface area contributed by atoms with Crippen LogP contribution in [0.15, 0.2) is 42.5 Å². The number of nitrogens with zero attached hydrogens (tertiary/aromatic N) is 2. The van der Waals surface area contributed by atoms with Gasteiger partial charge in [0.25, 0.3) is 0 Å². The molecule has 34 heavy (non-hydrogen) atoms. The molecule has 186 valence electrons. The zero-order valence-corrected chi connectivity index (χ0v) is 21.3. The van der Waals surface area contributed by atoms with E-state index in [0.29, 0.717) is 18.0 Å². The number of anilines is 1. The van der Waals surface area contributed by atoms with Gasteiger partial charge in [-0.2, -0.15) is 0 Å². The van der Waals surface area contributed by atoms with Crippen LogP contribution in [-0.2, 0) is 26.2 Å². The van der Waals surface area contributed by atoms with Gasteiger partial charge in [0.1, 0.15) is 24.1 Å². The predicted octanol–water partition coefficient (Wildman–Crippen LogP) is 2.33. The number of carbonyl (C=O) groups excluding carboxylic acids is 2. The number of sulfonamides is 1. The highest BCUT2D eigenvalue weighted by Gasteiger charge is 2.31. The average Bonchev–Trinajstić information content (AvgIpc) is 2.80. The molecule has 2 rings (SSSR count). The van der Waals surface area contributed by atoms with Gasteiger partial charge >= 0.3 is 0 Å². The van der Waals surface area contributed by atoms with Crippen LogP contribution >= 0.6 is 0 Å². The molecule has 0 spiro atoms. The molecule has 2 amide bonds. The lowest BCUT2D eigenvalue weighted by Gasteiger charge is -2.32. The van der Waals surface area contributed by atoms with Crippen molar-refractivity contribution in [3.63, 3.8) is 0 Å². The van der Waals surface area contributed by atoms with Gasteiger partial charge in [-0.3, -0.25) is 13.9 Å². The Morgan fingerprint density at radius 1 is 1.06 bits per heavy atom. The van der Waals surface area contributed by atoms with Crippen molar-refractivity contribution < 1.29 is 27.5 Å². The number of benzene rings is 2. The van der Waals surface area contributed by atoms with E-state index in [1.54, 1.807) is 63.4 Å². The highest BCUT2D eigenvalue weighted by Crippen LogP contribution is 2.31. The molecule has 1 N–H and O–H groups in total. The minimum atomic E-state index is -3.85. The monoisotopic (exact) mass is 491 g/mol. The van der Waals surface area contributed by atoms with Crippen molar-refractivity contribution in [1.82, 2.24) is 10.2 Å². The molecule has 1 unspecified atom stereocenters. The molecular formula is C24H33N3O6S. The molecule has 0 bridgehead atoms. The first-order valence-corrected chi connectivity index (χ1v) is 12.7. The number of hydrogen-bond acceptors (Lipinski definition) is 6. The lowest BCUT2D eigenvalue weighted by molar-refractivity contribution is -0.139. The van der Waals surface area contributed by atoms with Crippen LogP contribution in [0.5, 0.6) is 11.5 Å². The first-order chi connectivity index (χ1) is 16.0. The number of ether oxygens (including phenoxy) is 2. The second-order valence-corrected chi connectivity index (χ2v) is 9.79. The van der Waals surface area contributed by atoms with E-state index in [-0.39, 0.29) is 18.1 Å². The molecule has 0 radical (unpaired) electrons. The van der Waals surface area contributed by atoms with E-state index < -0.39 is 28.5 Å². The lowest BCUT2D eigenvalue weighted by atomic mass is 10.1. The fourth-order valence-electron chi connectivity index (χ4n) is 3.42. The summed E-state index contributed by atoms with van der Waals surface area (Å²) in [6.45, 7) is 5.25. The van der Waals surface area contributed by atoms with Crippen LogP contribution in [0.1, 0.15) is 25.0 Å². The van der Waals surface area contributed by atoms with Gasteiger partial charge in [-0.05, 0) is 56.2 Å². The Morgan fingerprint density at radius 3 is 2.24 bits per heavy atom. The number of rotatable bonds is 11. The second-order valence-electron chi connectivity index (χ2n) is 7.89. The fourth-order valence-corrected chi connectivity index (χ4v) is 4.27. The van der Waals surface area contributed by atoms with Gasteiger partial charge in [-0.25, -0.2) is 8.42 Å². The van der Waals surface area contributed by atoms with E-state index in [0.717, 1.165) is 21.7 Å². The largest absolute Gasteiger partial charge is 0.497 e. The number of methoxy groups -OCH3 is 2. The predicted molar refractivity (Wildman–Crippen MR) is 132 cm³/mol. The van der Waals surface area contributed by atoms with E-state index in [9.17, 15) is 18.0 Å². The third-order valence-corrected chi connectivity index (χ3v) is 6.44. The van der Waals surface area contributed by atoms with Gasteiger partial charge in [-0.15, -0.1) is 0 Å². The van der Waals surface area contributed by atoms with E-state index in [4.69, 9.17) is 9.47 Å². The summed E-state index contributed by atoms with van der Waals surface area (Å²) >= 11 is 0. The first-order valence-electron chi connectivity index (χ1n) is 10.8. The Hall–Kier alpha value is -3.27. The lowest BCUT2D eigenvalue weighted by Crippen LogP contribution is -2.51. The summed E-state index contributed by atoms with van der Waals surface area (Å²) in [6, 6.07) is 11.4. The maximum absolute atomic E-state index is 13.5. The minimum Gasteiger partial charge on any atom is -0.497 e. The third kappa shape index (κ3) is 6.86. The summed E-state index contributed by atoms with van der Waals surface area (Å²) in [4.78, 5) is 27.5. The molecule has 0 fully saturated rings. The van der Waals surface area contributed by atoms with Gasteiger partial charge in [0.15, 0.2) is 0 Å². The summed E-state index contributed by atoms with van der Waals surface area (Å²) < 4.78 is 37.0. The number of amides is 2. The molecule has 0 heterocycles. The molecule has 2 aromatic rings. The molecule has 10 heteroatoms. The Kier molecular flexibility index (Phi) is 9.31. The number of nitrogens with one attached hydrogen (secondary N) is 1. The van der Waals surface area contributed by atoms with E-state index in [1.165, 1.54) is 12.0 Å². The van der Waals surface area contributed by atoms with Gasteiger partial charge in [0, 0.05) is 13.1 Å². The van der Waals surface area contributed by atoms with Crippen LogP contribution in [0, 0.1) is 6.92 Å². The fraction of sp³-hybridized carbons (Fsp3) is 0.417. The standard InChI is InChI=1S/C24H33N3O6S/c1-7-25-24(29)18(3)26(15-19-9-11-20(32-4)12-10-19)23(28)16-27(34(6,30)31)21-14-17(2)8-13-22(21)33-5/h8-14,18H,7,15-16H2,1-6H3,(H,25,29). The average molecular weight is 492 g/mol. The van der Waals surface area contributed by atoms with Crippen LogP contribution in [0.25, 0.3) is 0 Å². The summed E-state index contributed by atoms with van der Waals surface area (Å²) in [5.74, 6) is 0.127.